The summed E-state index contributed by atoms with van der Waals surface area (Å²) in [6.45, 7) is 6.20. The van der Waals surface area contributed by atoms with Crippen molar-refractivity contribution in [3.63, 3.8) is 0 Å². The molecule has 0 saturated carbocycles. The van der Waals surface area contributed by atoms with Gasteiger partial charge in [-0.2, -0.15) is 0 Å². The van der Waals surface area contributed by atoms with Gasteiger partial charge in [0.25, 0.3) is 5.91 Å². The fraction of sp³-hybridized carbons (Fsp3) is 0.300. The van der Waals surface area contributed by atoms with E-state index in [4.69, 9.17) is 4.74 Å². The van der Waals surface area contributed by atoms with Crippen LogP contribution in [0.1, 0.15) is 29.7 Å². The summed E-state index contributed by atoms with van der Waals surface area (Å²) in [5.41, 5.74) is 3.79. The number of anilines is 1. The number of rotatable bonds is 5. The molecule has 1 unspecified atom stereocenters. The van der Waals surface area contributed by atoms with Gasteiger partial charge < -0.3 is 15.0 Å². The molecule has 0 fully saturated rings. The molecule has 0 aliphatic carbocycles. The van der Waals surface area contributed by atoms with Crippen LogP contribution in [-0.4, -0.2) is 25.0 Å². The highest BCUT2D eigenvalue weighted by Gasteiger charge is 2.38. The smallest absolute Gasteiger partial charge is 0.254 e. The van der Waals surface area contributed by atoms with Gasteiger partial charge in [-0.05, 0) is 31.0 Å². The summed E-state index contributed by atoms with van der Waals surface area (Å²) in [6.07, 6.45) is 0. The quantitative estimate of drug-likeness (QED) is 0.912. The number of benzene rings is 2. The number of carbonyl (C=O) groups is 2. The van der Waals surface area contributed by atoms with E-state index in [0.29, 0.717) is 13.2 Å². The number of nitrogens with zero attached hydrogens (tertiary/aromatic N) is 1. The molecule has 2 aromatic carbocycles. The Balaban J connectivity index is 1.78. The van der Waals surface area contributed by atoms with Gasteiger partial charge in [0.05, 0.1) is 12.2 Å². The van der Waals surface area contributed by atoms with Crippen molar-refractivity contribution in [2.45, 2.75) is 26.8 Å². The summed E-state index contributed by atoms with van der Waals surface area (Å²) >= 11 is 0. The van der Waals surface area contributed by atoms with E-state index >= 15 is 0 Å². The Labute approximate surface area is 147 Å². The number of ether oxygens (including phenoxy) is 1. The molecule has 3 rings (SSSR count). The molecule has 2 amide bonds. The van der Waals surface area contributed by atoms with Crippen molar-refractivity contribution >= 4 is 17.5 Å². The van der Waals surface area contributed by atoms with Gasteiger partial charge in [-0.1, -0.05) is 36.4 Å². The highest BCUT2D eigenvalue weighted by molar-refractivity contribution is 6.06. The molecule has 1 aliphatic heterocycles. The molecule has 2 aromatic rings. The van der Waals surface area contributed by atoms with Gasteiger partial charge in [0, 0.05) is 12.5 Å². The number of nitrogens with one attached hydrogen (secondary N) is 1. The van der Waals surface area contributed by atoms with Gasteiger partial charge in [0.2, 0.25) is 5.91 Å². The van der Waals surface area contributed by atoms with Crippen molar-refractivity contribution in [1.29, 1.82) is 0 Å². The molecule has 130 valence electrons. The highest BCUT2D eigenvalue weighted by atomic mass is 16.5. The van der Waals surface area contributed by atoms with Crippen molar-refractivity contribution in [2.75, 3.05) is 18.1 Å². The average molecular weight is 338 g/mol. The number of amides is 2. The lowest BCUT2D eigenvalue weighted by Crippen LogP contribution is -2.38. The van der Waals surface area contributed by atoms with Crippen LogP contribution < -0.4 is 15.0 Å². The second-order valence-corrected chi connectivity index (χ2v) is 6.25. The number of hydrogen-bond donors (Lipinski definition) is 1. The van der Waals surface area contributed by atoms with E-state index in [1.807, 2.05) is 56.3 Å². The minimum atomic E-state index is -0.620. The summed E-state index contributed by atoms with van der Waals surface area (Å²) in [7, 11) is 0. The van der Waals surface area contributed by atoms with Crippen molar-refractivity contribution < 1.29 is 14.3 Å². The van der Waals surface area contributed by atoms with Gasteiger partial charge in [-0.15, -0.1) is 0 Å². The average Bonchev–Trinajstić information content (AvgIpc) is 2.83. The molecule has 5 heteroatoms. The molecule has 1 N–H and O–H groups in total. The number of para-hydroxylation sites is 2. The minimum absolute atomic E-state index is 0.118. The van der Waals surface area contributed by atoms with E-state index in [0.717, 1.165) is 28.1 Å². The molecule has 5 nitrogen and oxygen atoms in total. The third kappa shape index (κ3) is 3.36. The molecule has 1 atom stereocenters. The van der Waals surface area contributed by atoms with Crippen LogP contribution in [0, 0.1) is 13.8 Å². The first-order valence-electron chi connectivity index (χ1n) is 8.35. The van der Waals surface area contributed by atoms with Crippen LogP contribution in [0.25, 0.3) is 0 Å². The molecule has 0 radical (unpaired) electrons. The molecule has 0 aromatic heterocycles. The first-order chi connectivity index (χ1) is 12.0. The van der Waals surface area contributed by atoms with E-state index in [-0.39, 0.29) is 11.8 Å². The molecule has 0 bridgehead atoms. The number of hydrogen-bond acceptors (Lipinski definition) is 3. The molecular formula is C20H22N2O3. The fourth-order valence-corrected chi connectivity index (χ4v) is 3.21. The monoisotopic (exact) mass is 338 g/mol. The Hall–Kier alpha value is -2.82. The first kappa shape index (κ1) is 17.0. The van der Waals surface area contributed by atoms with Crippen LogP contribution in [0.4, 0.5) is 5.69 Å². The van der Waals surface area contributed by atoms with E-state index in [2.05, 4.69) is 5.32 Å². The van der Waals surface area contributed by atoms with Crippen molar-refractivity contribution in [2.24, 2.45) is 0 Å². The predicted octanol–water partition coefficient (Wildman–Crippen LogP) is 2.91. The standard InChI is InChI=1S/C20H22N2O3/c1-13-7-4-5-10-17(13)25-12-11-22-19-14(2)8-6-9-16(19)18(20(22)24)21-15(3)23/h4-10,18H,11-12H2,1-3H3,(H,21,23). The SMILES string of the molecule is CC(=O)NC1C(=O)N(CCOc2ccccc2C)c2c(C)cccc21. The number of aryl methyl sites for hydroxylation is 2. The Bertz CT molecular complexity index is 816. The van der Waals surface area contributed by atoms with Gasteiger partial charge in [-0.3, -0.25) is 9.59 Å². The van der Waals surface area contributed by atoms with Crippen molar-refractivity contribution in [1.82, 2.24) is 5.32 Å². The van der Waals surface area contributed by atoms with Crippen LogP contribution in [-0.2, 0) is 9.59 Å². The topological polar surface area (TPSA) is 58.6 Å². The Morgan fingerprint density at radius 3 is 2.56 bits per heavy atom. The van der Waals surface area contributed by atoms with Crippen LogP contribution in [0.5, 0.6) is 5.75 Å². The second-order valence-electron chi connectivity index (χ2n) is 6.25. The van der Waals surface area contributed by atoms with Gasteiger partial charge in [0.15, 0.2) is 0 Å². The summed E-state index contributed by atoms with van der Waals surface area (Å²) < 4.78 is 5.84. The van der Waals surface area contributed by atoms with Gasteiger partial charge in [0.1, 0.15) is 18.4 Å². The third-order valence-corrected chi connectivity index (χ3v) is 4.38. The van der Waals surface area contributed by atoms with E-state index in [1.165, 1.54) is 6.92 Å². The lowest BCUT2D eigenvalue weighted by Gasteiger charge is -2.20. The highest BCUT2D eigenvalue weighted by Crippen LogP contribution is 2.38. The second kappa shape index (κ2) is 6.97. The van der Waals surface area contributed by atoms with Gasteiger partial charge in [-0.25, -0.2) is 0 Å². The summed E-state index contributed by atoms with van der Waals surface area (Å²) in [5.74, 6) is 0.481. The Morgan fingerprint density at radius 1 is 1.12 bits per heavy atom. The predicted molar refractivity (Wildman–Crippen MR) is 96.8 cm³/mol. The maximum atomic E-state index is 12.8. The molecule has 1 aliphatic rings. The normalized spacial score (nSPS) is 15.9. The maximum absolute atomic E-state index is 12.8. The Kier molecular flexibility index (Phi) is 4.74. The van der Waals surface area contributed by atoms with E-state index in [9.17, 15) is 9.59 Å². The number of fused-ring (bicyclic) bond motifs is 1. The van der Waals surface area contributed by atoms with E-state index < -0.39 is 6.04 Å². The summed E-state index contributed by atoms with van der Waals surface area (Å²) in [6, 6.07) is 12.9. The molecule has 0 spiro atoms. The van der Waals surface area contributed by atoms with Gasteiger partial charge >= 0.3 is 0 Å². The largest absolute Gasteiger partial charge is 0.491 e. The summed E-state index contributed by atoms with van der Waals surface area (Å²) in [5, 5.41) is 2.75. The van der Waals surface area contributed by atoms with Crippen LogP contribution in [0.2, 0.25) is 0 Å². The molecule has 0 saturated heterocycles. The van der Waals surface area contributed by atoms with Crippen molar-refractivity contribution in [3.05, 3.63) is 59.2 Å². The lowest BCUT2D eigenvalue weighted by molar-refractivity contribution is -0.126. The molecular weight excluding hydrogens is 316 g/mol. The number of carbonyl (C=O) groups excluding carboxylic acids is 2. The van der Waals surface area contributed by atoms with Crippen molar-refractivity contribution in [3.8, 4) is 5.75 Å². The van der Waals surface area contributed by atoms with Crippen LogP contribution >= 0.6 is 0 Å². The lowest BCUT2D eigenvalue weighted by atomic mass is 10.1. The van der Waals surface area contributed by atoms with Crippen LogP contribution in [0.15, 0.2) is 42.5 Å². The third-order valence-electron chi connectivity index (χ3n) is 4.38. The fourth-order valence-electron chi connectivity index (χ4n) is 3.21. The zero-order valence-electron chi connectivity index (χ0n) is 14.7. The van der Waals surface area contributed by atoms with E-state index in [1.54, 1.807) is 4.90 Å². The minimum Gasteiger partial charge on any atom is -0.491 e. The van der Waals surface area contributed by atoms with Crippen LogP contribution in [0.3, 0.4) is 0 Å². The Morgan fingerprint density at radius 2 is 1.84 bits per heavy atom. The zero-order chi connectivity index (χ0) is 18.0. The zero-order valence-corrected chi connectivity index (χ0v) is 14.7. The first-order valence-corrected chi connectivity index (χ1v) is 8.35. The molecule has 1 heterocycles. The maximum Gasteiger partial charge on any atom is 0.254 e. The summed E-state index contributed by atoms with van der Waals surface area (Å²) in [4.78, 5) is 26.0. The molecule has 25 heavy (non-hydrogen) atoms.